The standard InChI is InChI=1S/C43H30N2O3/c1-43(2)47-40-16-13-27(32-19-33(30-7-5-17-44-25-30)21-34(20-32)31-8-6-18-45-26-31)22-38(40)37-15-12-29(24-42(37)48-43)28-11-14-36-35-9-3-4-10-39(35)46-41(36)23-28/h3-26H,1-2H3. The van der Waals surface area contributed by atoms with E-state index in [4.69, 9.17) is 13.9 Å². The van der Waals surface area contributed by atoms with Gasteiger partial charge in [-0.05, 0) is 106 Å². The van der Waals surface area contributed by atoms with Crippen LogP contribution in [0.4, 0.5) is 0 Å². The van der Waals surface area contributed by atoms with Crippen molar-refractivity contribution in [2.75, 3.05) is 0 Å². The SMILES string of the molecule is CC1(C)Oc2cc(-c3ccc4c(c3)oc3ccccc34)ccc2-c2cc(-c3cc(-c4cccnc4)cc(-c4cccnc4)c3)ccc2O1. The van der Waals surface area contributed by atoms with Gasteiger partial charge in [-0.3, -0.25) is 9.97 Å². The summed E-state index contributed by atoms with van der Waals surface area (Å²) >= 11 is 0. The number of hydrogen-bond acceptors (Lipinski definition) is 5. The number of nitrogens with zero attached hydrogens (tertiary/aromatic N) is 2. The van der Waals surface area contributed by atoms with Crippen LogP contribution in [0.5, 0.6) is 11.5 Å². The van der Waals surface area contributed by atoms with Crippen molar-refractivity contribution in [2.24, 2.45) is 0 Å². The molecule has 0 saturated heterocycles. The molecule has 0 fully saturated rings. The summed E-state index contributed by atoms with van der Waals surface area (Å²) in [5.41, 5.74) is 12.2. The zero-order valence-corrected chi connectivity index (χ0v) is 26.5. The van der Waals surface area contributed by atoms with Crippen molar-refractivity contribution in [3.63, 3.8) is 0 Å². The van der Waals surface area contributed by atoms with Gasteiger partial charge < -0.3 is 13.9 Å². The first-order chi connectivity index (χ1) is 23.5. The fraction of sp³-hybridized carbons (Fsp3) is 0.0698. The first-order valence-electron chi connectivity index (χ1n) is 16.0. The summed E-state index contributed by atoms with van der Waals surface area (Å²) in [7, 11) is 0. The maximum absolute atomic E-state index is 6.56. The molecule has 4 heterocycles. The summed E-state index contributed by atoms with van der Waals surface area (Å²) in [5.74, 6) is 0.657. The summed E-state index contributed by atoms with van der Waals surface area (Å²) in [6, 6.07) is 42.0. The van der Waals surface area contributed by atoms with E-state index in [2.05, 4.69) is 101 Å². The highest BCUT2D eigenvalue weighted by atomic mass is 16.7. The molecule has 5 heteroatoms. The first kappa shape index (κ1) is 28.1. The van der Waals surface area contributed by atoms with Gasteiger partial charge in [-0.1, -0.05) is 48.5 Å². The van der Waals surface area contributed by atoms with Gasteiger partial charge in [0.2, 0.25) is 5.79 Å². The Kier molecular flexibility index (Phi) is 6.40. The van der Waals surface area contributed by atoms with E-state index in [-0.39, 0.29) is 0 Å². The minimum atomic E-state index is -0.878. The second-order valence-electron chi connectivity index (χ2n) is 12.6. The summed E-state index contributed by atoms with van der Waals surface area (Å²) in [5, 5.41) is 2.23. The molecule has 0 aliphatic carbocycles. The molecule has 0 amide bonds. The highest BCUT2D eigenvalue weighted by Gasteiger charge is 2.30. The van der Waals surface area contributed by atoms with Crippen molar-refractivity contribution in [1.29, 1.82) is 0 Å². The molecule has 3 aromatic heterocycles. The van der Waals surface area contributed by atoms with E-state index in [0.29, 0.717) is 0 Å². The third-order valence-electron chi connectivity index (χ3n) is 8.93. The van der Waals surface area contributed by atoms with E-state index in [1.54, 1.807) is 12.4 Å². The largest absolute Gasteiger partial charge is 0.456 e. The predicted molar refractivity (Wildman–Crippen MR) is 192 cm³/mol. The quantitative estimate of drug-likeness (QED) is 0.195. The van der Waals surface area contributed by atoms with Crippen LogP contribution in [0.3, 0.4) is 0 Å². The van der Waals surface area contributed by atoms with Gasteiger partial charge in [0.05, 0.1) is 0 Å². The molecule has 0 atom stereocenters. The van der Waals surface area contributed by atoms with Crippen LogP contribution in [0.1, 0.15) is 13.8 Å². The average Bonchev–Trinajstić information content (AvgIpc) is 3.44. The minimum Gasteiger partial charge on any atom is -0.456 e. The molecule has 8 aromatic rings. The van der Waals surface area contributed by atoms with E-state index >= 15 is 0 Å². The van der Waals surface area contributed by atoms with E-state index in [1.807, 2.05) is 56.6 Å². The number of aromatic nitrogens is 2. The lowest BCUT2D eigenvalue weighted by Gasteiger charge is -2.25. The van der Waals surface area contributed by atoms with E-state index in [1.165, 1.54) is 0 Å². The van der Waals surface area contributed by atoms with Gasteiger partial charge in [-0.25, -0.2) is 0 Å². The van der Waals surface area contributed by atoms with Crippen molar-refractivity contribution >= 4 is 21.9 Å². The number of ether oxygens (including phenoxy) is 2. The minimum absolute atomic E-state index is 0.762. The number of fused-ring (bicyclic) bond motifs is 6. The van der Waals surface area contributed by atoms with Crippen molar-refractivity contribution < 1.29 is 13.9 Å². The summed E-state index contributed by atoms with van der Waals surface area (Å²) in [6.45, 7) is 3.90. The van der Waals surface area contributed by atoms with Crippen LogP contribution in [-0.2, 0) is 0 Å². The van der Waals surface area contributed by atoms with Gasteiger partial charge in [-0.15, -0.1) is 0 Å². The number of hydrogen-bond donors (Lipinski definition) is 0. The second kappa shape index (κ2) is 11.0. The molecule has 0 saturated carbocycles. The van der Waals surface area contributed by atoms with Crippen LogP contribution in [0.2, 0.25) is 0 Å². The van der Waals surface area contributed by atoms with Gasteiger partial charge in [0.15, 0.2) is 0 Å². The number of rotatable bonds is 4. The Morgan fingerprint density at radius 2 is 1.04 bits per heavy atom. The number of para-hydroxylation sites is 1. The van der Waals surface area contributed by atoms with E-state index in [9.17, 15) is 0 Å². The fourth-order valence-electron chi connectivity index (χ4n) is 6.67. The Morgan fingerprint density at radius 3 is 1.77 bits per heavy atom. The first-order valence-corrected chi connectivity index (χ1v) is 16.0. The highest BCUT2D eigenvalue weighted by molar-refractivity contribution is 6.06. The molecular weight excluding hydrogens is 592 g/mol. The molecule has 0 spiro atoms. The van der Waals surface area contributed by atoms with Gasteiger partial charge in [0, 0.05) is 71.7 Å². The van der Waals surface area contributed by atoms with Crippen molar-refractivity contribution in [1.82, 2.24) is 9.97 Å². The Hall–Kier alpha value is -6.20. The lowest BCUT2D eigenvalue weighted by molar-refractivity contribution is -0.0778. The van der Waals surface area contributed by atoms with Gasteiger partial charge in [0.1, 0.15) is 22.7 Å². The van der Waals surface area contributed by atoms with E-state index in [0.717, 1.165) is 89.1 Å². The summed E-state index contributed by atoms with van der Waals surface area (Å²) in [4.78, 5) is 8.76. The molecule has 0 bridgehead atoms. The van der Waals surface area contributed by atoms with Gasteiger partial charge >= 0.3 is 0 Å². The lowest BCUT2D eigenvalue weighted by atomic mass is 9.92. The second-order valence-corrected chi connectivity index (χ2v) is 12.6. The number of pyridine rings is 2. The van der Waals surface area contributed by atoms with Crippen LogP contribution < -0.4 is 9.47 Å². The third-order valence-corrected chi connectivity index (χ3v) is 8.93. The monoisotopic (exact) mass is 622 g/mol. The average molecular weight is 623 g/mol. The molecule has 0 radical (unpaired) electrons. The highest BCUT2D eigenvalue weighted by Crippen LogP contribution is 2.46. The van der Waals surface area contributed by atoms with E-state index < -0.39 is 5.79 Å². The lowest BCUT2D eigenvalue weighted by Crippen LogP contribution is -2.34. The molecule has 48 heavy (non-hydrogen) atoms. The van der Waals surface area contributed by atoms with Crippen molar-refractivity contribution in [3.8, 4) is 67.1 Å². The Labute approximate surface area is 278 Å². The van der Waals surface area contributed by atoms with Gasteiger partial charge in [0.25, 0.3) is 0 Å². The van der Waals surface area contributed by atoms with Crippen LogP contribution in [-0.4, -0.2) is 15.8 Å². The Bertz CT molecular complexity index is 2430. The topological polar surface area (TPSA) is 57.4 Å². The molecular formula is C43H30N2O3. The molecule has 5 aromatic carbocycles. The predicted octanol–water partition coefficient (Wildman–Crippen LogP) is 11.2. The van der Waals surface area contributed by atoms with Crippen molar-refractivity contribution in [3.05, 3.63) is 146 Å². The Balaban J connectivity index is 1.17. The van der Waals surface area contributed by atoms with Gasteiger partial charge in [-0.2, -0.15) is 0 Å². The molecule has 0 N–H and O–H groups in total. The maximum atomic E-state index is 6.56. The molecule has 0 unspecified atom stereocenters. The molecule has 9 rings (SSSR count). The van der Waals surface area contributed by atoms with Crippen LogP contribution in [0.25, 0.3) is 77.6 Å². The molecule has 1 aliphatic rings. The van der Waals surface area contributed by atoms with Crippen LogP contribution in [0, 0.1) is 0 Å². The molecule has 5 nitrogen and oxygen atoms in total. The summed E-state index contributed by atoms with van der Waals surface area (Å²) < 4.78 is 19.2. The molecule has 1 aliphatic heterocycles. The smallest absolute Gasteiger partial charge is 0.245 e. The Morgan fingerprint density at radius 1 is 0.438 bits per heavy atom. The maximum Gasteiger partial charge on any atom is 0.245 e. The van der Waals surface area contributed by atoms with Crippen LogP contribution in [0.15, 0.2) is 151 Å². The number of benzene rings is 5. The summed E-state index contributed by atoms with van der Waals surface area (Å²) in [6.07, 6.45) is 7.39. The normalized spacial score (nSPS) is 13.3. The fourth-order valence-corrected chi connectivity index (χ4v) is 6.67. The zero-order valence-electron chi connectivity index (χ0n) is 26.5. The van der Waals surface area contributed by atoms with Crippen molar-refractivity contribution in [2.45, 2.75) is 19.6 Å². The van der Waals surface area contributed by atoms with Crippen LogP contribution >= 0.6 is 0 Å². The third kappa shape index (κ3) is 4.97. The number of furan rings is 1. The zero-order chi connectivity index (χ0) is 32.2. The molecule has 230 valence electrons.